The van der Waals surface area contributed by atoms with Crippen LogP contribution in [0.15, 0.2) is 42.5 Å². The van der Waals surface area contributed by atoms with Crippen molar-refractivity contribution in [2.45, 2.75) is 13.3 Å². The molecule has 0 spiro atoms. The fourth-order valence-electron chi connectivity index (χ4n) is 1.70. The van der Waals surface area contributed by atoms with Crippen LogP contribution in [0.5, 0.6) is 5.75 Å². The minimum atomic E-state index is 0.262. The maximum atomic E-state index is 9.76. The van der Waals surface area contributed by atoms with Gasteiger partial charge in [-0.2, -0.15) is 0 Å². The van der Waals surface area contributed by atoms with E-state index in [4.69, 9.17) is 5.73 Å². The highest BCUT2D eigenvalue weighted by Gasteiger charge is 2.04. The van der Waals surface area contributed by atoms with Gasteiger partial charge in [-0.25, -0.2) is 0 Å². The molecule has 0 aliphatic rings. The first-order valence-corrected chi connectivity index (χ1v) is 5.38. The van der Waals surface area contributed by atoms with Crippen LogP contribution in [0.3, 0.4) is 0 Å². The Morgan fingerprint density at radius 3 is 2.38 bits per heavy atom. The van der Waals surface area contributed by atoms with Crippen molar-refractivity contribution in [2.75, 3.05) is 5.73 Å². The molecule has 0 fully saturated rings. The van der Waals surface area contributed by atoms with E-state index in [9.17, 15) is 5.11 Å². The van der Waals surface area contributed by atoms with E-state index in [2.05, 4.69) is 19.1 Å². The summed E-state index contributed by atoms with van der Waals surface area (Å²) in [6.07, 6.45) is 1.02. The Morgan fingerprint density at radius 2 is 1.75 bits per heavy atom. The lowest BCUT2D eigenvalue weighted by molar-refractivity contribution is 0.477. The molecule has 0 radical (unpaired) electrons. The second-order valence-electron chi connectivity index (χ2n) is 3.83. The van der Waals surface area contributed by atoms with Crippen LogP contribution in [0.1, 0.15) is 12.5 Å². The Morgan fingerprint density at radius 1 is 1.06 bits per heavy atom. The third-order valence-corrected chi connectivity index (χ3v) is 2.69. The summed E-state index contributed by atoms with van der Waals surface area (Å²) in [7, 11) is 0. The second-order valence-corrected chi connectivity index (χ2v) is 3.83. The van der Waals surface area contributed by atoms with E-state index < -0.39 is 0 Å². The molecule has 0 aliphatic carbocycles. The van der Waals surface area contributed by atoms with Gasteiger partial charge in [0.15, 0.2) is 0 Å². The summed E-state index contributed by atoms with van der Waals surface area (Å²) in [6.45, 7) is 2.12. The summed E-state index contributed by atoms with van der Waals surface area (Å²) in [5.74, 6) is 0.262. The molecular weight excluding hydrogens is 198 g/mol. The molecule has 0 unspecified atom stereocenters. The molecule has 16 heavy (non-hydrogen) atoms. The van der Waals surface area contributed by atoms with Crippen molar-refractivity contribution in [3.63, 3.8) is 0 Å². The van der Waals surface area contributed by atoms with E-state index >= 15 is 0 Å². The van der Waals surface area contributed by atoms with Gasteiger partial charge in [0.1, 0.15) is 5.75 Å². The maximum Gasteiger partial charge on any atom is 0.123 e. The van der Waals surface area contributed by atoms with E-state index in [0.717, 1.165) is 17.5 Å². The first-order chi connectivity index (χ1) is 7.70. The summed E-state index contributed by atoms with van der Waals surface area (Å²) < 4.78 is 0. The van der Waals surface area contributed by atoms with Crippen molar-refractivity contribution < 1.29 is 5.11 Å². The molecule has 0 atom stereocenters. The van der Waals surface area contributed by atoms with Gasteiger partial charge in [-0.1, -0.05) is 31.2 Å². The van der Waals surface area contributed by atoms with E-state index in [1.165, 1.54) is 5.56 Å². The highest BCUT2D eigenvalue weighted by molar-refractivity contribution is 5.73. The topological polar surface area (TPSA) is 46.2 Å². The van der Waals surface area contributed by atoms with Crippen LogP contribution in [-0.2, 0) is 6.42 Å². The first kappa shape index (κ1) is 10.6. The number of hydrogen-bond acceptors (Lipinski definition) is 2. The number of aromatic hydroxyl groups is 1. The Bertz CT molecular complexity index is 489. The molecule has 2 rings (SSSR count). The zero-order valence-corrected chi connectivity index (χ0v) is 9.27. The van der Waals surface area contributed by atoms with Gasteiger partial charge < -0.3 is 10.8 Å². The summed E-state index contributed by atoms with van der Waals surface area (Å²) in [6, 6.07) is 13.3. The molecule has 2 aromatic rings. The molecule has 2 aromatic carbocycles. The average Bonchev–Trinajstić information content (AvgIpc) is 2.32. The summed E-state index contributed by atoms with van der Waals surface area (Å²) in [5, 5.41) is 9.76. The lowest BCUT2D eigenvalue weighted by Crippen LogP contribution is -1.87. The Kier molecular flexibility index (Phi) is 2.82. The molecule has 2 heteroatoms. The van der Waals surface area contributed by atoms with Crippen molar-refractivity contribution in [1.29, 1.82) is 0 Å². The number of phenols is 1. The smallest absolute Gasteiger partial charge is 0.123 e. The SMILES string of the molecule is CCc1ccc(-c2cc(N)ccc2O)cc1. The van der Waals surface area contributed by atoms with Crippen LogP contribution in [-0.4, -0.2) is 5.11 Å². The van der Waals surface area contributed by atoms with E-state index in [1.807, 2.05) is 12.1 Å². The van der Waals surface area contributed by atoms with Gasteiger partial charge in [-0.3, -0.25) is 0 Å². The molecule has 3 N–H and O–H groups in total. The van der Waals surface area contributed by atoms with E-state index in [-0.39, 0.29) is 5.75 Å². The average molecular weight is 213 g/mol. The standard InChI is InChI=1S/C14H15NO/c1-2-10-3-5-11(6-4-10)13-9-12(15)7-8-14(13)16/h3-9,16H,2,15H2,1H3. The summed E-state index contributed by atoms with van der Waals surface area (Å²) in [5.41, 5.74) is 9.42. The predicted molar refractivity (Wildman–Crippen MR) is 67.3 cm³/mol. The Labute approximate surface area is 95.4 Å². The highest BCUT2D eigenvalue weighted by atomic mass is 16.3. The molecule has 0 heterocycles. The number of nitrogens with two attached hydrogens (primary N) is 1. The number of benzene rings is 2. The molecule has 0 saturated carbocycles. The lowest BCUT2D eigenvalue weighted by atomic mass is 10.0. The van der Waals surface area contributed by atoms with Gasteiger partial charge in [0.25, 0.3) is 0 Å². The number of phenolic OH excluding ortho intramolecular Hbond substituents is 1. The lowest BCUT2D eigenvalue weighted by Gasteiger charge is -2.06. The Hall–Kier alpha value is -1.96. The van der Waals surface area contributed by atoms with Crippen LogP contribution >= 0.6 is 0 Å². The third kappa shape index (κ3) is 2.01. The fourth-order valence-corrected chi connectivity index (χ4v) is 1.70. The highest BCUT2D eigenvalue weighted by Crippen LogP contribution is 2.30. The van der Waals surface area contributed by atoms with E-state index in [1.54, 1.807) is 18.2 Å². The first-order valence-electron chi connectivity index (χ1n) is 5.38. The summed E-state index contributed by atoms with van der Waals surface area (Å²) in [4.78, 5) is 0. The number of anilines is 1. The van der Waals surface area contributed by atoms with Crippen LogP contribution in [0, 0.1) is 0 Å². The second kappa shape index (κ2) is 4.27. The van der Waals surface area contributed by atoms with Crippen LogP contribution in [0.25, 0.3) is 11.1 Å². The maximum absolute atomic E-state index is 9.76. The molecule has 82 valence electrons. The molecule has 0 saturated heterocycles. The van der Waals surface area contributed by atoms with Gasteiger partial charge in [0.05, 0.1) is 0 Å². The fraction of sp³-hybridized carbons (Fsp3) is 0.143. The predicted octanol–water partition coefficient (Wildman–Crippen LogP) is 3.20. The quantitative estimate of drug-likeness (QED) is 0.594. The molecular formula is C14H15NO. The molecule has 2 nitrogen and oxygen atoms in total. The zero-order valence-electron chi connectivity index (χ0n) is 9.27. The number of aryl methyl sites for hydroxylation is 1. The minimum absolute atomic E-state index is 0.262. The normalized spacial score (nSPS) is 10.3. The van der Waals surface area contributed by atoms with Crippen LogP contribution in [0.2, 0.25) is 0 Å². The molecule has 0 amide bonds. The molecule has 0 bridgehead atoms. The molecule has 0 aliphatic heterocycles. The third-order valence-electron chi connectivity index (χ3n) is 2.69. The monoisotopic (exact) mass is 213 g/mol. The van der Waals surface area contributed by atoms with Crippen molar-refractivity contribution in [1.82, 2.24) is 0 Å². The number of hydrogen-bond donors (Lipinski definition) is 2. The largest absolute Gasteiger partial charge is 0.507 e. The number of nitrogen functional groups attached to an aromatic ring is 1. The van der Waals surface area contributed by atoms with Gasteiger partial charge in [-0.15, -0.1) is 0 Å². The minimum Gasteiger partial charge on any atom is -0.507 e. The van der Waals surface area contributed by atoms with Crippen molar-refractivity contribution in [2.24, 2.45) is 0 Å². The summed E-state index contributed by atoms with van der Waals surface area (Å²) >= 11 is 0. The van der Waals surface area contributed by atoms with Crippen molar-refractivity contribution >= 4 is 5.69 Å². The van der Waals surface area contributed by atoms with Gasteiger partial charge in [-0.05, 0) is 35.7 Å². The van der Waals surface area contributed by atoms with Gasteiger partial charge >= 0.3 is 0 Å². The van der Waals surface area contributed by atoms with Crippen LogP contribution < -0.4 is 5.73 Å². The van der Waals surface area contributed by atoms with E-state index in [0.29, 0.717) is 5.69 Å². The van der Waals surface area contributed by atoms with Crippen LogP contribution in [0.4, 0.5) is 5.69 Å². The zero-order chi connectivity index (χ0) is 11.5. The van der Waals surface area contributed by atoms with Crippen molar-refractivity contribution in [3.05, 3.63) is 48.0 Å². The van der Waals surface area contributed by atoms with Gasteiger partial charge in [0.2, 0.25) is 0 Å². The van der Waals surface area contributed by atoms with Gasteiger partial charge in [0, 0.05) is 11.3 Å². The number of rotatable bonds is 2. The Balaban J connectivity index is 2.45. The van der Waals surface area contributed by atoms with Crippen molar-refractivity contribution in [3.8, 4) is 16.9 Å². The molecule has 0 aromatic heterocycles.